The van der Waals surface area contributed by atoms with Crippen LogP contribution in [-0.2, 0) is 9.59 Å². The van der Waals surface area contributed by atoms with Crippen molar-refractivity contribution >= 4 is 28.9 Å². The molecule has 0 aliphatic carbocycles. The van der Waals surface area contributed by atoms with Gasteiger partial charge in [0.1, 0.15) is 0 Å². The molecule has 170 valence electrons. The van der Waals surface area contributed by atoms with Gasteiger partial charge in [-0.15, -0.1) is 0 Å². The van der Waals surface area contributed by atoms with Gasteiger partial charge in [-0.05, 0) is 44.0 Å². The van der Waals surface area contributed by atoms with Crippen LogP contribution in [0.15, 0.2) is 42.5 Å². The first-order valence-corrected chi connectivity index (χ1v) is 10.6. The summed E-state index contributed by atoms with van der Waals surface area (Å²) >= 11 is 0. The maximum absolute atomic E-state index is 12.6. The number of hydrogen-bond acceptors (Lipinski definition) is 6. The zero-order chi connectivity index (χ0) is 23.3. The number of nitro benzene ring substituents is 1. The molecule has 0 spiro atoms. The molecule has 9 heteroatoms. The quantitative estimate of drug-likeness (QED) is 0.507. The highest BCUT2D eigenvalue weighted by molar-refractivity contribution is 5.96. The number of nitrogens with one attached hydrogen (secondary N) is 2. The number of nitrogens with zero attached hydrogens (tertiary/aromatic N) is 3. The lowest BCUT2D eigenvalue weighted by Gasteiger charge is -2.38. The molecule has 1 aliphatic rings. The molecule has 2 N–H and O–H groups in total. The Labute approximate surface area is 187 Å². The number of rotatable bonds is 7. The summed E-state index contributed by atoms with van der Waals surface area (Å²) in [6, 6.07) is 11.9. The summed E-state index contributed by atoms with van der Waals surface area (Å²) in [7, 11) is 0. The highest BCUT2D eigenvalue weighted by atomic mass is 16.6. The Balaban J connectivity index is 1.46. The number of carbonyl (C=O) groups excluding carboxylic acids is 2. The predicted molar refractivity (Wildman–Crippen MR) is 124 cm³/mol. The van der Waals surface area contributed by atoms with Gasteiger partial charge in [-0.2, -0.15) is 0 Å². The summed E-state index contributed by atoms with van der Waals surface area (Å²) < 4.78 is 0. The molecule has 1 unspecified atom stereocenters. The highest BCUT2D eigenvalue weighted by Crippen LogP contribution is 2.21. The monoisotopic (exact) mass is 439 g/mol. The first-order valence-electron chi connectivity index (χ1n) is 10.6. The Morgan fingerprint density at radius 2 is 1.62 bits per heavy atom. The molecule has 1 fully saturated rings. The van der Waals surface area contributed by atoms with Gasteiger partial charge >= 0.3 is 0 Å². The van der Waals surface area contributed by atoms with Crippen LogP contribution in [0, 0.1) is 24.0 Å². The molecule has 2 amide bonds. The van der Waals surface area contributed by atoms with Gasteiger partial charge in [-0.3, -0.25) is 24.6 Å². The van der Waals surface area contributed by atoms with Crippen LogP contribution in [0.1, 0.15) is 18.1 Å². The Hall–Kier alpha value is -3.46. The lowest BCUT2D eigenvalue weighted by Crippen LogP contribution is -2.54. The van der Waals surface area contributed by atoms with Gasteiger partial charge in [0, 0.05) is 49.7 Å². The van der Waals surface area contributed by atoms with Crippen molar-refractivity contribution in [3.05, 3.63) is 63.7 Å². The van der Waals surface area contributed by atoms with Crippen LogP contribution in [0.2, 0.25) is 0 Å². The molecule has 1 saturated heterocycles. The van der Waals surface area contributed by atoms with E-state index in [9.17, 15) is 19.7 Å². The van der Waals surface area contributed by atoms with Crippen molar-refractivity contribution in [3.63, 3.8) is 0 Å². The molecule has 1 aliphatic heterocycles. The van der Waals surface area contributed by atoms with E-state index in [1.165, 1.54) is 12.1 Å². The number of para-hydroxylation sites is 1. The number of nitro groups is 1. The molecule has 0 aromatic heterocycles. The van der Waals surface area contributed by atoms with Crippen molar-refractivity contribution in [3.8, 4) is 0 Å². The minimum absolute atomic E-state index is 0.0688. The Morgan fingerprint density at radius 3 is 2.19 bits per heavy atom. The summed E-state index contributed by atoms with van der Waals surface area (Å²) in [4.78, 5) is 39.5. The molecule has 0 bridgehead atoms. The number of aryl methyl sites for hydroxylation is 2. The van der Waals surface area contributed by atoms with E-state index in [1.807, 2.05) is 39.0 Å². The fourth-order valence-electron chi connectivity index (χ4n) is 3.83. The molecule has 9 nitrogen and oxygen atoms in total. The molecular weight excluding hydrogens is 410 g/mol. The molecule has 2 aromatic carbocycles. The van der Waals surface area contributed by atoms with Crippen LogP contribution >= 0.6 is 0 Å². The molecule has 1 heterocycles. The highest BCUT2D eigenvalue weighted by Gasteiger charge is 2.26. The first-order chi connectivity index (χ1) is 15.3. The van der Waals surface area contributed by atoms with Crippen LogP contribution in [0.3, 0.4) is 0 Å². The second kappa shape index (κ2) is 10.2. The molecule has 1 atom stereocenters. The number of non-ortho nitro benzene ring substituents is 1. The van der Waals surface area contributed by atoms with E-state index in [0.717, 1.165) is 22.5 Å². The molecule has 2 aromatic rings. The zero-order valence-corrected chi connectivity index (χ0v) is 18.6. The third-order valence-electron chi connectivity index (χ3n) is 5.84. The number of carbonyl (C=O) groups is 2. The largest absolute Gasteiger partial charge is 0.369 e. The number of piperazine rings is 1. The Morgan fingerprint density at radius 1 is 1.03 bits per heavy atom. The van der Waals surface area contributed by atoms with E-state index in [2.05, 4.69) is 20.4 Å². The summed E-state index contributed by atoms with van der Waals surface area (Å²) in [6.45, 7) is 8.39. The summed E-state index contributed by atoms with van der Waals surface area (Å²) in [6.07, 6.45) is 0. The van der Waals surface area contributed by atoms with Crippen molar-refractivity contribution in [2.45, 2.75) is 26.8 Å². The van der Waals surface area contributed by atoms with E-state index in [4.69, 9.17) is 0 Å². The van der Waals surface area contributed by atoms with Gasteiger partial charge in [0.15, 0.2) is 0 Å². The first kappa shape index (κ1) is 23.2. The zero-order valence-electron chi connectivity index (χ0n) is 18.6. The molecule has 0 saturated carbocycles. The standard InChI is InChI=1S/C23H29N5O4/c1-16-5-4-6-17(2)22(16)25-21(29)15-24-23(30)18(3)26-11-13-27(14-12-26)19-7-9-20(10-8-19)28(31)32/h4-10,18H,11-15H2,1-3H3,(H,24,30)(H,25,29). The van der Waals surface area contributed by atoms with Gasteiger partial charge in [-0.1, -0.05) is 18.2 Å². The normalized spacial score (nSPS) is 15.2. The van der Waals surface area contributed by atoms with E-state index in [-0.39, 0.29) is 30.1 Å². The average molecular weight is 440 g/mol. The Bertz CT molecular complexity index is 964. The summed E-state index contributed by atoms with van der Waals surface area (Å²) in [5.74, 6) is -0.448. The number of amides is 2. The molecule has 32 heavy (non-hydrogen) atoms. The predicted octanol–water partition coefficient (Wildman–Crippen LogP) is 2.48. The number of benzene rings is 2. The third kappa shape index (κ3) is 5.61. The summed E-state index contributed by atoms with van der Waals surface area (Å²) in [5, 5.41) is 16.4. The van der Waals surface area contributed by atoms with Crippen molar-refractivity contribution in [1.82, 2.24) is 10.2 Å². The van der Waals surface area contributed by atoms with Crippen molar-refractivity contribution in [2.75, 3.05) is 42.9 Å². The van der Waals surface area contributed by atoms with Gasteiger partial charge in [0.05, 0.1) is 17.5 Å². The van der Waals surface area contributed by atoms with Crippen LogP contribution in [-0.4, -0.2) is 60.4 Å². The lowest BCUT2D eigenvalue weighted by molar-refractivity contribution is -0.384. The minimum atomic E-state index is -0.412. The smallest absolute Gasteiger partial charge is 0.269 e. The van der Waals surface area contributed by atoms with Gasteiger partial charge < -0.3 is 15.5 Å². The summed E-state index contributed by atoms with van der Waals surface area (Å²) in [5.41, 5.74) is 3.73. The SMILES string of the molecule is Cc1cccc(C)c1NC(=O)CNC(=O)C(C)N1CCN(c2ccc([N+](=O)[O-])cc2)CC1. The number of anilines is 2. The maximum atomic E-state index is 12.6. The van der Waals surface area contributed by atoms with E-state index < -0.39 is 4.92 Å². The lowest BCUT2D eigenvalue weighted by atomic mass is 10.1. The maximum Gasteiger partial charge on any atom is 0.269 e. The van der Waals surface area contributed by atoms with E-state index >= 15 is 0 Å². The minimum Gasteiger partial charge on any atom is -0.369 e. The average Bonchev–Trinajstić information content (AvgIpc) is 2.79. The second-order valence-corrected chi connectivity index (χ2v) is 8.01. The second-order valence-electron chi connectivity index (χ2n) is 8.01. The van der Waals surface area contributed by atoms with Gasteiger partial charge in [0.25, 0.3) is 5.69 Å². The molecule has 0 radical (unpaired) electrons. The van der Waals surface area contributed by atoms with Crippen molar-refractivity contribution in [1.29, 1.82) is 0 Å². The number of hydrogen-bond donors (Lipinski definition) is 2. The van der Waals surface area contributed by atoms with Crippen LogP contribution in [0.4, 0.5) is 17.1 Å². The van der Waals surface area contributed by atoms with Crippen LogP contribution in [0.25, 0.3) is 0 Å². The van der Waals surface area contributed by atoms with E-state index in [1.54, 1.807) is 12.1 Å². The van der Waals surface area contributed by atoms with Gasteiger partial charge in [-0.25, -0.2) is 0 Å². The van der Waals surface area contributed by atoms with Gasteiger partial charge in [0.2, 0.25) is 11.8 Å². The molecular formula is C23H29N5O4. The fraction of sp³-hybridized carbons (Fsp3) is 0.391. The van der Waals surface area contributed by atoms with Crippen LogP contribution < -0.4 is 15.5 Å². The van der Waals surface area contributed by atoms with Crippen molar-refractivity contribution in [2.24, 2.45) is 0 Å². The fourth-order valence-corrected chi connectivity index (χ4v) is 3.83. The van der Waals surface area contributed by atoms with E-state index in [0.29, 0.717) is 26.2 Å². The van der Waals surface area contributed by atoms with Crippen LogP contribution in [0.5, 0.6) is 0 Å². The van der Waals surface area contributed by atoms with Crippen molar-refractivity contribution < 1.29 is 14.5 Å². The Kier molecular flexibility index (Phi) is 7.42. The molecule has 3 rings (SSSR count). The third-order valence-corrected chi connectivity index (χ3v) is 5.84. The topological polar surface area (TPSA) is 108 Å².